The molecule has 1 aromatic heterocycles. The summed E-state index contributed by atoms with van der Waals surface area (Å²) in [4.78, 5) is 11.2. The van der Waals surface area contributed by atoms with Crippen molar-refractivity contribution in [2.45, 2.75) is 6.61 Å². The molecule has 0 saturated heterocycles. The van der Waals surface area contributed by atoms with Crippen molar-refractivity contribution in [2.75, 3.05) is 18.8 Å². The number of ether oxygens (including phenoxy) is 2. The zero-order valence-corrected chi connectivity index (χ0v) is 6.87. The average Bonchev–Trinajstić information content (AvgIpc) is 2.07. The first-order valence-corrected chi connectivity index (χ1v) is 3.84. The Morgan fingerprint density at radius 1 is 1.46 bits per heavy atom. The number of hydrogen-bond acceptors (Lipinski definition) is 5. The van der Waals surface area contributed by atoms with Crippen LogP contribution in [-0.4, -0.2) is 23.7 Å². The Balaban J connectivity index is 2.39. The van der Waals surface area contributed by atoms with Crippen LogP contribution >= 0.6 is 0 Å². The van der Waals surface area contributed by atoms with Gasteiger partial charge < -0.3 is 14.8 Å². The molecule has 1 aromatic rings. The number of rotatable bonds is 0. The number of anilines is 1. The Kier molecular flexibility index (Phi) is 2.24. The number of hydrogen-bond donors (Lipinski definition) is 2. The number of aromatic amines is 1. The lowest BCUT2D eigenvalue weighted by atomic mass is 10.3. The van der Waals surface area contributed by atoms with E-state index in [-0.39, 0.29) is 19.1 Å². The zero-order chi connectivity index (χ0) is 9.10. The molecule has 13 heavy (non-hydrogen) atoms. The summed E-state index contributed by atoms with van der Waals surface area (Å²) in [7, 11) is 0. The van der Waals surface area contributed by atoms with Crippen LogP contribution in [0.3, 0.4) is 0 Å². The van der Waals surface area contributed by atoms with Gasteiger partial charge in [0.05, 0.1) is 12.8 Å². The summed E-state index contributed by atoms with van der Waals surface area (Å²) in [5.41, 5.74) is 0.952. The minimum absolute atomic E-state index is 0.221. The molecule has 0 fully saturated rings. The van der Waals surface area contributed by atoms with Crippen molar-refractivity contribution in [2.24, 2.45) is 0 Å². The second kappa shape index (κ2) is 3.55. The molecular weight excluding hydrogens is 174 g/mol. The fourth-order valence-electron chi connectivity index (χ4n) is 1.11. The molecule has 2 heterocycles. The van der Waals surface area contributed by atoms with Crippen LogP contribution < -0.4 is 10.9 Å². The maximum Gasteiger partial charge on any atom is 0.287 e. The van der Waals surface area contributed by atoms with Crippen LogP contribution in [0.25, 0.3) is 0 Å². The third-order valence-corrected chi connectivity index (χ3v) is 1.71. The van der Waals surface area contributed by atoms with Gasteiger partial charge in [-0.25, -0.2) is 5.10 Å². The van der Waals surface area contributed by atoms with Gasteiger partial charge in [0.1, 0.15) is 19.2 Å². The summed E-state index contributed by atoms with van der Waals surface area (Å²) in [5, 5.41) is 8.85. The van der Waals surface area contributed by atoms with Crippen LogP contribution in [-0.2, 0) is 16.1 Å². The molecule has 0 radical (unpaired) electrons. The van der Waals surface area contributed by atoms with Gasteiger partial charge in [0.25, 0.3) is 5.56 Å². The van der Waals surface area contributed by atoms with E-state index in [2.05, 4.69) is 15.5 Å². The lowest BCUT2D eigenvalue weighted by Crippen LogP contribution is -2.22. The lowest BCUT2D eigenvalue weighted by Gasteiger charge is -2.14. The first-order valence-electron chi connectivity index (χ1n) is 3.84. The Morgan fingerprint density at radius 2 is 2.38 bits per heavy atom. The Labute approximate surface area is 73.9 Å². The van der Waals surface area contributed by atoms with E-state index < -0.39 is 0 Å². The third kappa shape index (κ3) is 1.68. The van der Waals surface area contributed by atoms with Crippen LogP contribution in [0.2, 0.25) is 0 Å². The minimum atomic E-state index is -0.258. The zero-order valence-electron chi connectivity index (χ0n) is 6.87. The molecule has 0 bridgehead atoms. The van der Waals surface area contributed by atoms with Gasteiger partial charge in [0.15, 0.2) is 0 Å². The topological polar surface area (TPSA) is 76.2 Å². The largest absolute Gasteiger partial charge is 0.358 e. The van der Waals surface area contributed by atoms with Crippen LogP contribution in [0, 0.1) is 0 Å². The van der Waals surface area contributed by atoms with E-state index in [0.29, 0.717) is 12.3 Å². The number of aromatic nitrogens is 2. The summed E-state index contributed by atoms with van der Waals surface area (Å²) in [6, 6.07) is 0. The number of nitrogens with one attached hydrogen (secondary N) is 2. The third-order valence-electron chi connectivity index (χ3n) is 1.71. The summed E-state index contributed by atoms with van der Waals surface area (Å²) in [6.45, 7) is 0.818. The van der Waals surface area contributed by atoms with Crippen molar-refractivity contribution in [1.82, 2.24) is 10.2 Å². The van der Waals surface area contributed by atoms with Crippen molar-refractivity contribution in [3.05, 3.63) is 22.1 Å². The Morgan fingerprint density at radius 3 is 3.31 bits per heavy atom. The van der Waals surface area contributed by atoms with Crippen LogP contribution in [0.4, 0.5) is 5.69 Å². The molecule has 0 aliphatic carbocycles. The molecule has 2 rings (SSSR count). The predicted octanol–water partition coefficient (Wildman–Crippen LogP) is -0.356. The van der Waals surface area contributed by atoms with Crippen molar-refractivity contribution < 1.29 is 9.47 Å². The van der Waals surface area contributed by atoms with E-state index in [1.54, 1.807) is 6.20 Å². The highest BCUT2D eigenvalue weighted by Crippen LogP contribution is 2.10. The first kappa shape index (κ1) is 8.21. The molecule has 6 heteroatoms. The average molecular weight is 183 g/mol. The lowest BCUT2D eigenvalue weighted by molar-refractivity contribution is -0.0584. The van der Waals surface area contributed by atoms with E-state index >= 15 is 0 Å². The van der Waals surface area contributed by atoms with Crippen LogP contribution in [0.5, 0.6) is 0 Å². The fraction of sp³-hybridized carbons (Fsp3) is 0.429. The summed E-state index contributed by atoms with van der Waals surface area (Å²) in [5.74, 6) is 0. The Bertz CT molecular complexity index is 349. The SMILES string of the molecule is O=c1[nH]ncc2c1NCOCOC2. The highest BCUT2D eigenvalue weighted by molar-refractivity contribution is 5.47. The molecule has 0 spiro atoms. The van der Waals surface area contributed by atoms with E-state index in [1.807, 2.05) is 0 Å². The molecule has 1 aliphatic rings. The molecule has 6 nitrogen and oxygen atoms in total. The van der Waals surface area contributed by atoms with Crippen LogP contribution in [0.15, 0.2) is 11.0 Å². The van der Waals surface area contributed by atoms with Gasteiger partial charge in [-0.15, -0.1) is 0 Å². The summed E-state index contributed by atoms with van der Waals surface area (Å²) in [6.07, 6.45) is 1.56. The van der Waals surface area contributed by atoms with E-state index in [1.165, 1.54) is 0 Å². The molecule has 2 N–H and O–H groups in total. The molecule has 0 amide bonds. The standard InChI is InChI=1S/C7H9N3O3/c11-7-6-5(1-9-10-7)2-12-4-13-3-8-6/h1,8H,2-4H2,(H,10,11). The second-order valence-electron chi connectivity index (χ2n) is 2.59. The maximum atomic E-state index is 11.2. The molecular formula is C7H9N3O3. The van der Waals surface area contributed by atoms with Crippen LogP contribution in [0.1, 0.15) is 5.56 Å². The molecule has 0 atom stereocenters. The van der Waals surface area contributed by atoms with Gasteiger partial charge in [0.2, 0.25) is 0 Å². The van der Waals surface area contributed by atoms with Crippen molar-refractivity contribution in [3.8, 4) is 0 Å². The molecule has 70 valence electrons. The highest BCUT2D eigenvalue weighted by Gasteiger charge is 2.09. The number of fused-ring (bicyclic) bond motifs is 1. The van der Waals surface area contributed by atoms with Crippen molar-refractivity contribution >= 4 is 5.69 Å². The highest BCUT2D eigenvalue weighted by atomic mass is 16.7. The van der Waals surface area contributed by atoms with Gasteiger partial charge in [-0.2, -0.15) is 5.10 Å². The fourth-order valence-corrected chi connectivity index (χ4v) is 1.11. The maximum absolute atomic E-state index is 11.2. The van der Waals surface area contributed by atoms with E-state index in [4.69, 9.17) is 9.47 Å². The molecule has 0 saturated carbocycles. The van der Waals surface area contributed by atoms with E-state index in [0.717, 1.165) is 5.56 Å². The monoisotopic (exact) mass is 183 g/mol. The normalized spacial score (nSPS) is 16.6. The summed E-state index contributed by atoms with van der Waals surface area (Å²) < 4.78 is 10.1. The molecule has 0 aromatic carbocycles. The van der Waals surface area contributed by atoms with E-state index in [9.17, 15) is 4.79 Å². The van der Waals surface area contributed by atoms with Gasteiger partial charge in [-0.3, -0.25) is 4.79 Å². The van der Waals surface area contributed by atoms with Crippen molar-refractivity contribution in [3.63, 3.8) is 0 Å². The quantitative estimate of drug-likeness (QED) is 0.574. The van der Waals surface area contributed by atoms with Gasteiger partial charge >= 0.3 is 0 Å². The first-order chi connectivity index (χ1) is 6.38. The second-order valence-corrected chi connectivity index (χ2v) is 2.59. The minimum Gasteiger partial charge on any atom is -0.358 e. The number of H-pyrrole nitrogens is 1. The van der Waals surface area contributed by atoms with Gasteiger partial charge in [-0.1, -0.05) is 0 Å². The predicted molar refractivity (Wildman–Crippen MR) is 44.1 cm³/mol. The van der Waals surface area contributed by atoms with Crippen molar-refractivity contribution in [1.29, 1.82) is 0 Å². The molecule has 1 aliphatic heterocycles. The molecule has 0 unspecified atom stereocenters. The van der Waals surface area contributed by atoms with Gasteiger partial charge in [0, 0.05) is 5.56 Å². The summed E-state index contributed by atoms with van der Waals surface area (Å²) >= 11 is 0. The Hall–Kier alpha value is -1.40. The van der Waals surface area contributed by atoms with Gasteiger partial charge in [-0.05, 0) is 0 Å². The smallest absolute Gasteiger partial charge is 0.287 e. The number of nitrogens with zero attached hydrogens (tertiary/aromatic N) is 1.